The Bertz CT molecular complexity index is 711. The van der Waals surface area contributed by atoms with Crippen molar-refractivity contribution in [3.8, 4) is 0 Å². The third-order valence-electron chi connectivity index (χ3n) is 3.18. The molecular formula is C15H18ClFN4O2S. The summed E-state index contributed by atoms with van der Waals surface area (Å²) in [6, 6.07) is 3.96. The maximum absolute atomic E-state index is 13.7. The van der Waals surface area contributed by atoms with Crippen LogP contribution in [0, 0.1) is 5.82 Å². The molecule has 0 bridgehead atoms. The molecule has 0 radical (unpaired) electrons. The number of likely N-dealkylation sites (N-methyl/N-ethyl adjacent to an activating group) is 1. The smallest absolute Gasteiger partial charge is 0.323 e. The molecule has 0 fully saturated rings. The Morgan fingerprint density at radius 3 is 2.92 bits per heavy atom. The number of urea groups is 1. The van der Waals surface area contributed by atoms with Crippen molar-refractivity contribution in [1.82, 2.24) is 15.1 Å². The van der Waals surface area contributed by atoms with Crippen LogP contribution in [0.25, 0.3) is 0 Å². The number of nitrogens with one attached hydrogen (secondary N) is 1. The molecule has 24 heavy (non-hydrogen) atoms. The molecule has 0 aliphatic heterocycles. The average Bonchev–Trinajstić information content (AvgIpc) is 2.95. The number of amides is 2. The molecule has 0 saturated carbocycles. The Balaban J connectivity index is 2.02. The molecule has 2 N–H and O–H groups in total. The SMILES string of the molecule is CCN(C[C@H](C)O)C(=O)Nc1nnc(Cc2cc(Cl)ccc2F)s1. The van der Waals surface area contributed by atoms with E-state index in [4.69, 9.17) is 11.6 Å². The molecule has 0 aliphatic rings. The maximum atomic E-state index is 13.7. The molecule has 2 aromatic rings. The van der Waals surface area contributed by atoms with E-state index in [1.165, 1.54) is 23.1 Å². The summed E-state index contributed by atoms with van der Waals surface area (Å²) in [7, 11) is 0. The minimum atomic E-state index is -0.619. The highest BCUT2D eigenvalue weighted by Crippen LogP contribution is 2.22. The maximum Gasteiger partial charge on any atom is 0.323 e. The first-order valence-corrected chi connectivity index (χ1v) is 8.58. The van der Waals surface area contributed by atoms with Gasteiger partial charge in [-0.1, -0.05) is 22.9 Å². The van der Waals surface area contributed by atoms with Crippen LogP contribution >= 0.6 is 22.9 Å². The number of carbonyl (C=O) groups excluding carboxylic acids is 1. The topological polar surface area (TPSA) is 78.4 Å². The fourth-order valence-corrected chi connectivity index (χ4v) is 3.01. The first-order valence-electron chi connectivity index (χ1n) is 7.39. The van der Waals surface area contributed by atoms with Crippen molar-refractivity contribution in [2.75, 3.05) is 18.4 Å². The summed E-state index contributed by atoms with van der Waals surface area (Å²) in [5.74, 6) is -0.366. The van der Waals surface area contributed by atoms with Crippen LogP contribution in [-0.4, -0.2) is 45.4 Å². The van der Waals surface area contributed by atoms with E-state index in [9.17, 15) is 14.3 Å². The lowest BCUT2D eigenvalue weighted by molar-refractivity contribution is 0.141. The van der Waals surface area contributed by atoms with Gasteiger partial charge in [0.2, 0.25) is 5.13 Å². The Hall–Kier alpha value is -1.77. The van der Waals surface area contributed by atoms with Crippen molar-refractivity contribution in [3.63, 3.8) is 0 Å². The zero-order valence-corrected chi connectivity index (χ0v) is 14.9. The highest BCUT2D eigenvalue weighted by Gasteiger charge is 2.16. The fourth-order valence-electron chi connectivity index (χ4n) is 2.06. The summed E-state index contributed by atoms with van der Waals surface area (Å²) in [6.07, 6.45) is -0.378. The molecule has 2 amide bonds. The van der Waals surface area contributed by atoms with Crippen molar-refractivity contribution in [3.05, 3.63) is 39.6 Å². The second-order valence-corrected chi connectivity index (χ2v) is 6.73. The predicted octanol–water partition coefficient (Wildman–Crippen LogP) is 3.16. The molecular weight excluding hydrogens is 355 g/mol. The summed E-state index contributed by atoms with van der Waals surface area (Å²) in [5.41, 5.74) is 0.417. The number of hydrogen-bond acceptors (Lipinski definition) is 5. The molecule has 130 valence electrons. The minimum Gasteiger partial charge on any atom is -0.392 e. The van der Waals surface area contributed by atoms with Crippen LogP contribution in [0.5, 0.6) is 0 Å². The first-order chi connectivity index (χ1) is 11.4. The van der Waals surface area contributed by atoms with Gasteiger partial charge in [0, 0.05) is 24.5 Å². The summed E-state index contributed by atoms with van der Waals surface area (Å²) in [6.45, 7) is 4.10. The fraction of sp³-hybridized carbons (Fsp3) is 0.400. The number of aromatic nitrogens is 2. The van der Waals surface area contributed by atoms with E-state index in [0.29, 0.717) is 27.3 Å². The number of rotatable bonds is 6. The molecule has 1 heterocycles. The number of anilines is 1. The minimum absolute atomic E-state index is 0.224. The van der Waals surface area contributed by atoms with E-state index in [0.717, 1.165) is 11.3 Å². The van der Waals surface area contributed by atoms with Gasteiger partial charge in [0.15, 0.2) is 0 Å². The molecule has 1 aromatic carbocycles. The first kappa shape index (κ1) is 18.6. The van der Waals surface area contributed by atoms with Crippen LogP contribution < -0.4 is 5.32 Å². The van der Waals surface area contributed by atoms with E-state index in [1.807, 2.05) is 6.92 Å². The molecule has 0 aliphatic carbocycles. The molecule has 0 spiro atoms. The summed E-state index contributed by atoms with van der Waals surface area (Å²) in [5, 5.41) is 21.2. The van der Waals surface area contributed by atoms with Crippen molar-refractivity contribution < 1.29 is 14.3 Å². The van der Waals surface area contributed by atoms with Crippen molar-refractivity contribution in [2.45, 2.75) is 26.4 Å². The second-order valence-electron chi connectivity index (χ2n) is 5.23. The van der Waals surface area contributed by atoms with Crippen LogP contribution in [-0.2, 0) is 6.42 Å². The monoisotopic (exact) mass is 372 g/mol. The number of aliphatic hydroxyl groups excluding tert-OH is 1. The highest BCUT2D eigenvalue weighted by atomic mass is 35.5. The predicted molar refractivity (Wildman–Crippen MR) is 92.1 cm³/mol. The molecule has 1 atom stereocenters. The van der Waals surface area contributed by atoms with Gasteiger partial charge in [-0.15, -0.1) is 10.2 Å². The normalized spacial score (nSPS) is 12.0. The molecule has 1 aromatic heterocycles. The van der Waals surface area contributed by atoms with Gasteiger partial charge in [-0.2, -0.15) is 0 Å². The van der Waals surface area contributed by atoms with Gasteiger partial charge in [-0.05, 0) is 37.6 Å². The van der Waals surface area contributed by atoms with E-state index < -0.39 is 6.10 Å². The highest BCUT2D eigenvalue weighted by molar-refractivity contribution is 7.15. The number of nitrogens with zero attached hydrogens (tertiary/aromatic N) is 3. The summed E-state index contributed by atoms with van der Waals surface area (Å²) >= 11 is 7.03. The van der Waals surface area contributed by atoms with E-state index in [2.05, 4.69) is 15.5 Å². The molecule has 9 heteroatoms. The van der Waals surface area contributed by atoms with Crippen LogP contribution in [0.3, 0.4) is 0 Å². The van der Waals surface area contributed by atoms with E-state index >= 15 is 0 Å². The lowest BCUT2D eigenvalue weighted by Crippen LogP contribution is -2.39. The number of halogens is 2. The molecule has 0 unspecified atom stereocenters. The van der Waals surface area contributed by atoms with Gasteiger partial charge in [-0.25, -0.2) is 9.18 Å². The standard InChI is InChI=1S/C15H18ClFN4O2S/c1-3-21(8-9(2)22)15(23)18-14-20-19-13(24-14)7-10-6-11(16)4-5-12(10)17/h4-6,9,22H,3,7-8H2,1-2H3,(H,18,20,23)/t9-/m0/s1. The number of benzene rings is 1. The van der Waals surface area contributed by atoms with Crippen LogP contribution in [0.2, 0.25) is 5.02 Å². The second kappa shape index (κ2) is 8.36. The van der Waals surface area contributed by atoms with Crippen LogP contribution in [0.4, 0.5) is 14.3 Å². The molecule has 0 saturated heterocycles. The van der Waals surface area contributed by atoms with Crippen molar-refractivity contribution in [1.29, 1.82) is 0 Å². The third kappa shape index (κ3) is 5.12. The molecule has 2 rings (SSSR count). The van der Waals surface area contributed by atoms with Crippen molar-refractivity contribution in [2.24, 2.45) is 0 Å². The zero-order chi connectivity index (χ0) is 17.7. The zero-order valence-electron chi connectivity index (χ0n) is 13.3. The lowest BCUT2D eigenvalue weighted by Gasteiger charge is -2.21. The number of carbonyl (C=O) groups is 1. The van der Waals surface area contributed by atoms with Gasteiger partial charge in [0.1, 0.15) is 10.8 Å². The van der Waals surface area contributed by atoms with Crippen LogP contribution in [0.15, 0.2) is 18.2 Å². The van der Waals surface area contributed by atoms with Gasteiger partial charge >= 0.3 is 6.03 Å². The number of aliphatic hydroxyl groups is 1. The van der Waals surface area contributed by atoms with E-state index in [1.54, 1.807) is 6.92 Å². The summed E-state index contributed by atoms with van der Waals surface area (Å²) in [4.78, 5) is 13.6. The lowest BCUT2D eigenvalue weighted by atomic mass is 10.1. The Labute approximate surface area is 148 Å². The Morgan fingerprint density at radius 1 is 1.50 bits per heavy atom. The summed E-state index contributed by atoms with van der Waals surface area (Å²) < 4.78 is 13.7. The molecule has 6 nitrogen and oxygen atoms in total. The largest absolute Gasteiger partial charge is 0.392 e. The Kier molecular flexibility index (Phi) is 6.47. The van der Waals surface area contributed by atoms with Gasteiger partial charge in [-0.3, -0.25) is 5.32 Å². The third-order valence-corrected chi connectivity index (χ3v) is 4.26. The van der Waals surface area contributed by atoms with Crippen molar-refractivity contribution >= 4 is 34.1 Å². The van der Waals surface area contributed by atoms with Gasteiger partial charge < -0.3 is 10.0 Å². The van der Waals surface area contributed by atoms with Gasteiger partial charge in [0.25, 0.3) is 0 Å². The van der Waals surface area contributed by atoms with Gasteiger partial charge in [0.05, 0.1) is 6.10 Å². The number of hydrogen-bond donors (Lipinski definition) is 2. The van der Waals surface area contributed by atoms with Crippen LogP contribution in [0.1, 0.15) is 24.4 Å². The quantitative estimate of drug-likeness (QED) is 0.816. The Morgan fingerprint density at radius 2 is 2.25 bits per heavy atom. The van der Waals surface area contributed by atoms with E-state index in [-0.39, 0.29) is 24.8 Å². The average molecular weight is 373 g/mol.